The second-order valence-electron chi connectivity index (χ2n) is 6.97. The van der Waals surface area contributed by atoms with Crippen molar-refractivity contribution in [3.8, 4) is 0 Å². The third-order valence-corrected chi connectivity index (χ3v) is 6.31. The molecule has 10 heteroatoms. The van der Waals surface area contributed by atoms with Gasteiger partial charge >= 0.3 is 11.9 Å². The van der Waals surface area contributed by atoms with Crippen LogP contribution in [0.25, 0.3) is 0 Å². The molecule has 2 aliphatic rings. The van der Waals surface area contributed by atoms with Crippen LogP contribution in [0.2, 0.25) is 0 Å². The minimum absolute atomic E-state index is 0.185. The summed E-state index contributed by atoms with van der Waals surface area (Å²) >= 11 is 1.31. The molecule has 30 heavy (non-hydrogen) atoms. The Morgan fingerprint density at radius 2 is 2.00 bits per heavy atom. The van der Waals surface area contributed by atoms with Crippen LogP contribution in [0.15, 0.2) is 41.6 Å². The van der Waals surface area contributed by atoms with Gasteiger partial charge in [0.2, 0.25) is 5.91 Å². The molecule has 4 N–H and O–H groups in total. The summed E-state index contributed by atoms with van der Waals surface area (Å²) in [6, 6.07) is 6.93. The number of carboxylic acid groups (broad SMARTS) is 1. The molecule has 1 saturated heterocycles. The molecule has 0 radical (unpaired) electrons. The Hall–Kier alpha value is -2.85. The van der Waals surface area contributed by atoms with E-state index in [9.17, 15) is 24.3 Å². The number of ether oxygens (including phenoxy) is 1. The molecular formula is C20H23N3O6S. The number of carboxylic acids is 1. The lowest BCUT2D eigenvalue weighted by Crippen LogP contribution is -2.71. The van der Waals surface area contributed by atoms with Crippen LogP contribution in [0.4, 0.5) is 0 Å². The molecule has 9 nitrogen and oxygen atoms in total. The van der Waals surface area contributed by atoms with Crippen molar-refractivity contribution < 1.29 is 29.0 Å². The Labute approximate surface area is 177 Å². The van der Waals surface area contributed by atoms with E-state index in [1.165, 1.54) is 18.7 Å². The Kier molecular flexibility index (Phi) is 6.47. The van der Waals surface area contributed by atoms with E-state index < -0.39 is 47.3 Å². The molecule has 0 aliphatic carbocycles. The second-order valence-corrected chi connectivity index (χ2v) is 8.07. The smallest absolute Gasteiger partial charge is 0.352 e. The first-order chi connectivity index (χ1) is 14.3. The predicted octanol–water partition coefficient (Wildman–Crippen LogP) is 0.767. The van der Waals surface area contributed by atoms with E-state index >= 15 is 0 Å². The van der Waals surface area contributed by atoms with Crippen LogP contribution in [0.5, 0.6) is 0 Å². The maximum atomic E-state index is 12.7. The summed E-state index contributed by atoms with van der Waals surface area (Å²) in [6.45, 7) is 3.02. The Morgan fingerprint density at radius 1 is 1.33 bits per heavy atom. The molecule has 0 spiro atoms. The monoisotopic (exact) mass is 433 g/mol. The van der Waals surface area contributed by atoms with E-state index in [2.05, 4.69) is 5.32 Å². The largest absolute Gasteiger partial charge is 0.477 e. The topological polar surface area (TPSA) is 139 Å². The van der Waals surface area contributed by atoms with Gasteiger partial charge in [0.1, 0.15) is 29.3 Å². The highest BCUT2D eigenvalue weighted by molar-refractivity contribution is 8.00. The van der Waals surface area contributed by atoms with Crippen LogP contribution < -0.4 is 11.1 Å². The van der Waals surface area contributed by atoms with Gasteiger partial charge in [0, 0.05) is 18.2 Å². The molecule has 2 heterocycles. The predicted molar refractivity (Wildman–Crippen MR) is 109 cm³/mol. The molecular weight excluding hydrogens is 410 g/mol. The molecule has 2 amide bonds. The molecule has 2 unspecified atom stereocenters. The number of nitrogens with two attached hydrogens (primary N) is 1. The number of nitrogens with one attached hydrogen (secondary N) is 1. The first-order valence-electron chi connectivity index (χ1n) is 9.45. The molecule has 0 saturated carbocycles. The van der Waals surface area contributed by atoms with Crippen LogP contribution in [-0.4, -0.2) is 57.0 Å². The van der Waals surface area contributed by atoms with Crippen molar-refractivity contribution in [1.82, 2.24) is 10.2 Å². The number of aliphatic carboxylic acids is 1. The number of nitrogens with zero attached hydrogens (tertiary/aromatic N) is 1. The van der Waals surface area contributed by atoms with Crippen LogP contribution in [0, 0.1) is 0 Å². The summed E-state index contributed by atoms with van der Waals surface area (Å²) in [5, 5.41) is 11.8. The van der Waals surface area contributed by atoms with Crippen molar-refractivity contribution in [1.29, 1.82) is 0 Å². The number of benzene rings is 1. The maximum absolute atomic E-state index is 12.7. The van der Waals surface area contributed by atoms with Crippen molar-refractivity contribution in [2.75, 3.05) is 5.75 Å². The third-order valence-electron chi connectivity index (χ3n) is 5.01. The number of rotatable bonds is 7. The van der Waals surface area contributed by atoms with Gasteiger partial charge < -0.3 is 20.9 Å². The average Bonchev–Trinajstić information content (AvgIpc) is 2.74. The summed E-state index contributed by atoms with van der Waals surface area (Å²) < 4.78 is 5.24. The molecule has 1 aromatic rings. The maximum Gasteiger partial charge on any atom is 0.352 e. The highest BCUT2D eigenvalue weighted by atomic mass is 32.2. The molecule has 4 atom stereocenters. The average molecular weight is 433 g/mol. The SMILES string of the molecule is CCC(OC(C)=O)C1=C(C(=O)O)N2C(=O)[C@@H](NC(=O)C(N)c3ccccc3)[C@H]2SC1. The van der Waals surface area contributed by atoms with Gasteiger partial charge in [-0.3, -0.25) is 19.3 Å². The number of thioether (sulfide) groups is 1. The van der Waals surface area contributed by atoms with Crippen molar-refractivity contribution in [3.63, 3.8) is 0 Å². The number of carbonyl (C=O) groups is 4. The van der Waals surface area contributed by atoms with Crippen molar-refractivity contribution in [2.45, 2.75) is 43.8 Å². The van der Waals surface area contributed by atoms with Gasteiger partial charge in [-0.15, -0.1) is 11.8 Å². The summed E-state index contributed by atoms with van der Waals surface area (Å²) in [7, 11) is 0. The lowest BCUT2D eigenvalue weighted by Gasteiger charge is -2.50. The zero-order valence-corrected chi connectivity index (χ0v) is 17.3. The van der Waals surface area contributed by atoms with Gasteiger partial charge in [0.25, 0.3) is 5.91 Å². The molecule has 2 aliphatic heterocycles. The van der Waals surface area contributed by atoms with E-state index in [1.807, 2.05) is 0 Å². The van der Waals surface area contributed by atoms with Crippen LogP contribution in [-0.2, 0) is 23.9 Å². The summed E-state index contributed by atoms with van der Waals surface area (Å²) in [5.41, 5.74) is 6.78. The summed E-state index contributed by atoms with van der Waals surface area (Å²) in [5.74, 6) is -2.59. The van der Waals surface area contributed by atoms with Crippen LogP contribution in [0.3, 0.4) is 0 Å². The number of esters is 1. The number of β-lactam (4-membered cyclic amide) rings is 1. The van der Waals surface area contributed by atoms with E-state index in [0.29, 0.717) is 17.6 Å². The highest BCUT2D eigenvalue weighted by Gasteiger charge is 2.55. The number of carbonyl (C=O) groups excluding carboxylic acids is 3. The fraction of sp³-hybridized carbons (Fsp3) is 0.400. The van der Waals surface area contributed by atoms with Crippen LogP contribution in [0.1, 0.15) is 31.9 Å². The van der Waals surface area contributed by atoms with E-state index in [-0.39, 0.29) is 11.4 Å². The van der Waals surface area contributed by atoms with E-state index in [0.717, 1.165) is 4.90 Å². The fourth-order valence-electron chi connectivity index (χ4n) is 3.55. The van der Waals surface area contributed by atoms with Gasteiger partial charge in [0.05, 0.1) is 0 Å². The molecule has 160 valence electrons. The highest BCUT2D eigenvalue weighted by Crippen LogP contribution is 2.42. The molecule has 1 aromatic carbocycles. The zero-order chi connectivity index (χ0) is 22.0. The summed E-state index contributed by atoms with van der Waals surface area (Å²) in [6.07, 6.45) is -0.347. The Morgan fingerprint density at radius 3 is 2.57 bits per heavy atom. The molecule has 0 aromatic heterocycles. The van der Waals surface area contributed by atoms with E-state index in [1.54, 1.807) is 37.3 Å². The van der Waals surface area contributed by atoms with Crippen molar-refractivity contribution in [2.24, 2.45) is 5.73 Å². The number of hydrogen-bond donors (Lipinski definition) is 3. The Bertz CT molecular complexity index is 903. The van der Waals surface area contributed by atoms with Crippen LogP contribution >= 0.6 is 11.8 Å². The van der Waals surface area contributed by atoms with Crippen molar-refractivity contribution >= 4 is 35.5 Å². The Balaban J connectivity index is 1.78. The normalized spacial score (nSPS) is 22.5. The van der Waals surface area contributed by atoms with Gasteiger partial charge in [-0.25, -0.2) is 4.79 Å². The van der Waals surface area contributed by atoms with Gasteiger partial charge in [-0.2, -0.15) is 0 Å². The second kappa shape index (κ2) is 8.88. The minimum Gasteiger partial charge on any atom is -0.477 e. The molecule has 0 bridgehead atoms. The number of hydrogen-bond acceptors (Lipinski definition) is 7. The third kappa shape index (κ3) is 4.05. The number of fused-ring (bicyclic) bond motifs is 1. The lowest BCUT2D eigenvalue weighted by molar-refractivity contribution is -0.151. The quantitative estimate of drug-likeness (QED) is 0.423. The first-order valence-corrected chi connectivity index (χ1v) is 10.5. The fourth-order valence-corrected chi connectivity index (χ4v) is 4.95. The molecule has 3 rings (SSSR count). The number of amides is 2. The van der Waals surface area contributed by atoms with Gasteiger partial charge in [0.15, 0.2) is 0 Å². The van der Waals surface area contributed by atoms with E-state index in [4.69, 9.17) is 10.5 Å². The van der Waals surface area contributed by atoms with Crippen molar-refractivity contribution in [3.05, 3.63) is 47.2 Å². The zero-order valence-electron chi connectivity index (χ0n) is 16.5. The van der Waals surface area contributed by atoms with Gasteiger partial charge in [-0.05, 0) is 12.0 Å². The standard InChI is InChI=1S/C20H23N3O6S/c1-3-13(29-10(2)24)12-9-30-19-15(18(26)23(19)16(12)20(27)28)22-17(25)14(21)11-7-5-4-6-8-11/h4-8,13-15,19H,3,9,21H2,1-2H3,(H,22,25)(H,27,28)/t13?,14?,15-,19-/m1/s1. The lowest BCUT2D eigenvalue weighted by atomic mass is 9.98. The first kappa shape index (κ1) is 21.8. The van der Waals surface area contributed by atoms with Gasteiger partial charge in [-0.1, -0.05) is 37.3 Å². The molecule has 1 fully saturated rings. The summed E-state index contributed by atoms with van der Waals surface area (Å²) in [4.78, 5) is 49.7. The minimum atomic E-state index is -1.28.